The molecule has 0 saturated carbocycles. The van der Waals surface area contributed by atoms with E-state index in [1.807, 2.05) is 0 Å². The number of carbonyl (C=O) groups is 1. The summed E-state index contributed by atoms with van der Waals surface area (Å²) in [6.45, 7) is 2.19. The minimum absolute atomic E-state index is 0.180. The number of nitrogens with two attached hydrogens (primary N) is 1. The molecule has 1 aliphatic heterocycles. The van der Waals surface area contributed by atoms with E-state index in [2.05, 4.69) is 5.32 Å². The molecular weight excluding hydrogens is 288 g/mol. The number of nitrogen functional groups attached to an aromatic ring is 1. The minimum Gasteiger partial charge on any atom is -0.489 e. The lowest BCUT2D eigenvalue weighted by Gasteiger charge is -2.27. The van der Waals surface area contributed by atoms with E-state index in [9.17, 15) is 4.79 Å². The average Bonchev–Trinajstić information content (AvgIpc) is 2.48. The number of rotatable bonds is 8. The summed E-state index contributed by atoms with van der Waals surface area (Å²) in [5.41, 5.74) is 7.55. The predicted octanol–water partition coefficient (Wildman–Crippen LogP) is 1.28. The normalized spacial score (nSPS) is 16.7. The van der Waals surface area contributed by atoms with Crippen LogP contribution in [0.25, 0.3) is 0 Å². The molecule has 1 heterocycles. The lowest BCUT2D eigenvalue weighted by Crippen LogP contribution is -2.33. The van der Waals surface area contributed by atoms with E-state index in [-0.39, 0.29) is 6.10 Å². The Morgan fingerprint density at radius 2 is 2.18 bits per heavy atom. The second kappa shape index (κ2) is 7.86. The molecule has 1 aromatic carbocycles. The fraction of sp³-hybridized carbons (Fsp3) is 0.533. The van der Waals surface area contributed by atoms with Crippen molar-refractivity contribution in [3.05, 3.63) is 17.7 Å². The maximum Gasteiger partial charge on any atom is 0.338 e. The van der Waals surface area contributed by atoms with Crippen LogP contribution < -0.4 is 15.8 Å². The highest BCUT2D eigenvalue weighted by atomic mass is 16.5. The highest BCUT2D eigenvalue weighted by molar-refractivity contribution is 5.93. The number of carbonyl (C=O) groups excluding carboxylic acids is 1. The maximum atomic E-state index is 11.8. The number of methoxy groups -OCH3 is 2. The largest absolute Gasteiger partial charge is 0.489 e. The fourth-order valence-corrected chi connectivity index (χ4v) is 2.03. The molecule has 0 aromatic heterocycles. The Morgan fingerprint density at radius 3 is 2.77 bits per heavy atom. The average molecular weight is 310 g/mol. The first-order chi connectivity index (χ1) is 10.7. The van der Waals surface area contributed by atoms with Crippen molar-refractivity contribution in [2.24, 2.45) is 0 Å². The van der Waals surface area contributed by atoms with E-state index in [0.717, 1.165) is 13.0 Å². The molecule has 0 bridgehead atoms. The molecule has 1 aromatic rings. The van der Waals surface area contributed by atoms with Crippen LogP contribution in [0.5, 0.6) is 5.75 Å². The Morgan fingerprint density at radius 1 is 1.41 bits per heavy atom. The van der Waals surface area contributed by atoms with Crippen molar-refractivity contribution in [3.63, 3.8) is 0 Å². The van der Waals surface area contributed by atoms with Crippen LogP contribution in [0.4, 0.5) is 11.4 Å². The van der Waals surface area contributed by atoms with E-state index >= 15 is 0 Å². The van der Waals surface area contributed by atoms with Gasteiger partial charge in [-0.25, -0.2) is 4.79 Å². The summed E-state index contributed by atoms with van der Waals surface area (Å²) in [6.07, 6.45) is 1.19. The maximum absolute atomic E-state index is 11.8. The molecule has 3 N–H and O–H groups in total. The summed E-state index contributed by atoms with van der Waals surface area (Å²) in [7, 11) is 2.92. The van der Waals surface area contributed by atoms with Gasteiger partial charge in [-0.2, -0.15) is 0 Å². The molecule has 7 nitrogen and oxygen atoms in total. The molecule has 22 heavy (non-hydrogen) atoms. The van der Waals surface area contributed by atoms with E-state index in [0.29, 0.717) is 42.4 Å². The van der Waals surface area contributed by atoms with Gasteiger partial charge in [0.15, 0.2) is 0 Å². The van der Waals surface area contributed by atoms with Crippen molar-refractivity contribution in [1.82, 2.24) is 0 Å². The van der Waals surface area contributed by atoms with Gasteiger partial charge in [0.2, 0.25) is 0 Å². The molecule has 122 valence electrons. The van der Waals surface area contributed by atoms with Crippen LogP contribution in [0, 0.1) is 0 Å². The first kappa shape index (κ1) is 16.4. The van der Waals surface area contributed by atoms with Crippen LogP contribution >= 0.6 is 0 Å². The summed E-state index contributed by atoms with van der Waals surface area (Å²) >= 11 is 0. The van der Waals surface area contributed by atoms with Crippen LogP contribution in [0.15, 0.2) is 12.1 Å². The third-order valence-electron chi connectivity index (χ3n) is 3.42. The number of ether oxygens (including phenoxy) is 4. The molecule has 0 spiro atoms. The monoisotopic (exact) mass is 310 g/mol. The second-order valence-electron chi connectivity index (χ2n) is 4.93. The first-order valence-electron chi connectivity index (χ1n) is 7.14. The third kappa shape index (κ3) is 4.02. The Bertz CT molecular complexity index is 517. The summed E-state index contributed by atoms with van der Waals surface area (Å²) in [6, 6.07) is 3.23. The molecular formula is C15H22N2O5. The van der Waals surface area contributed by atoms with Gasteiger partial charge in [0.05, 0.1) is 36.8 Å². The topological polar surface area (TPSA) is 92.0 Å². The predicted molar refractivity (Wildman–Crippen MR) is 82.4 cm³/mol. The zero-order valence-corrected chi connectivity index (χ0v) is 12.9. The summed E-state index contributed by atoms with van der Waals surface area (Å²) in [5.74, 6) is -0.0171. The van der Waals surface area contributed by atoms with Crippen LogP contribution in [0.2, 0.25) is 0 Å². The number of benzene rings is 1. The molecule has 0 amide bonds. The van der Waals surface area contributed by atoms with Gasteiger partial charge < -0.3 is 30.0 Å². The third-order valence-corrected chi connectivity index (χ3v) is 3.42. The van der Waals surface area contributed by atoms with Gasteiger partial charge >= 0.3 is 5.97 Å². The number of hydrogen-bond acceptors (Lipinski definition) is 7. The number of esters is 1. The zero-order valence-electron chi connectivity index (χ0n) is 12.9. The molecule has 7 heteroatoms. The Kier molecular flexibility index (Phi) is 5.85. The van der Waals surface area contributed by atoms with Crippen molar-refractivity contribution in [2.45, 2.75) is 12.5 Å². The quantitative estimate of drug-likeness (QED) is 0.424. The van der Waals surface area contributed by atoms with Crippen molar-refractivity contribution in [2.75, 3.05) is 51.6 Å². The van der Waals surface area contributed by atoms with Gasteiger partial charge in [-0.3, -0.25) is 0 Å². The van der Waals surface area contributed by atoms with E-state index < -0.39 is 5.97 Å². The Balaban J connectivity index is 2.16. The molecule has 1 aliphatic rings. The second-order valence-corrected chi connectivity index (χ2v) is 4.93. The van der Waals surface area contributed by atoms with E-state index in [1.54, 1.807) is 19.2 Å². The fourth-order valence-electron chi connectivity index (χ4n) is 2.03. The van der Waals surface area contributed by atoms with E-state index in [1.165, 1.54) is 7.11 Å². The number of hydrogen-bond donors (Lipinski definition) is 2. The highest BCUT2D eigenvalue weighted by Gasteiger charge is 2.19. The highest BCUT2D eigenvalue weighted by Crippen LogP contribution is 2.32. The van der Waals surface area contributed by atoms with Crippen LogP contribution in [-0.2, 0) is 14.2 Å². The lowest BCUT2D eigenvalue weighted by atomic mass is 10.1. The van der Waals surface area contributed by atoms with Crippen molar-refractivity contribution < 1.29 is 23.7 Å². The van der Waals surface area contributed by atoms with E-state index in [4.69, 9.17) is 24.7 Å². The van der Waals surface area contributed by atoms with Crippen LogP contribution in [0.3, 0.4) is 0 Å². The molecule has 1 atom stereocenters. The number of nitrogens with one attached hydrogen (secondary N) is 1. The Labute approximate surface area is 129 Å². The SMILES string of the molecule is COCCOc1cc(C(=O)OC)cc(NC[C@@H]2CCO2)c1N. The van der Waals surface area contributed by atoms with Crippen LogP contribution in [0.1, 0.15) is 16.8 Å². The standard InChI is InChI=1S/C15H22N2O5/c1-19-5-6-22-13-8-10(15(18)20-2)7-12(14(13)16)17-9-11-3-4-21-11/h7-8,11,17H,3-6,9,16H2,1-2H3/t11-/m0/s1. The molecule has 0 radical (unpaired) electrons. The molecule has 1 saturated heterocycles. The number of anilines is 2. The lowest BCUT2D eigenvalue weighted by molar-refractivity contribution is -0.0410. The van der Waals surface area contributed by atoms with Gasteiger partial charge in [-0.15, -0.1) is 0 Å². The Hall–Kier alpha value is -1.99. The van der Waals surface area contributed by atoms with Gasteiger partial charge in [0, 0.05) is 20.3 Å². The van der Waals surface area contributed by atoms with Gasteiger partial charge in [0.25, 0.3) is 0 Å². The van der Waals surface area contributed by atoms with Gasteiger partial charge in [-0.05, 0) is 18.6 Å². The molecule has 0 aliphatic carbocycles. The summed E-state index contributed by atoms with van der Waals surface area (Å²) in [4.78, 5) is 11.8. The summed E-state index contributed by atoms with van der Waals surface area (Å²) in [5, 5.41) is 3.20. The zero-order chi connectivity index (χ0) is 15.9. The van der Waals surface area contributed by atoms with Crippen molar-refractivity contribution in [3.8, 4) is 5.75 Å². The first-order valence-corrected chi connectivity index (χ1v) is 7.14. The molecule has 1 fully saturated rings. The smallest absolute Gasteiger partial charge is 0.338 e. The van der Waals surface area contributed by atoms with Crippen molar-refractivity contribution in [1.29, 1.82) is 0 Å². The molecule has 2 rings (SSSR count). The minimum atomic E-state index is -0.445. The molecule has 0 unspecified atom stereocenters. The van der Waals surface area contributed by atoms with Crippen molar-refractivity contribution >= 4 is 17.3 Å². The summed E-state index contributed by atoms with van der Waals surface area (Å²) < 4.78 is 20.6. The van der Waals surface area contributed by atoms with Gasteiger partial charge in [-0.1, -0.05) is 0 Å². The van der Waals surface area contributed by atoms with Gasteiger partial charge in [0.1, 0.15) is 12.4 Å². The van der Waals surface area contributed by atoms with Crippen LogP contribution in [-0.4, -0.2) is 52.7 Å².